The average Bonchev–Trinajstić information content (AvgIpc) is 3.33. The summed E-state index contributed by atoms with van der Waals surface area (Å²) in [7, 11) is 0. The van der Waals surface area contributed by atoms with E-state index in [0.717, 1.165) is 27.6 Å². The van der Waals surface area contributed by atoms with Crippen molar-refractivity contribution >= 4 is 39.7 Å². The Morgan fingerprint density at radius 3 is 2.70 bits per heavy atom. The van der Waals surface area contributed by atoms with Gasteiger partial charge in [-0.3, -0.25) is 4.79 Å². The molecule has 5 heteroatoms. The van der Waals surface area contributed by atoms with E-state index in [1.807, 2.05) is 59.4 Å². The van der Waals surface area contributed by atoms with Gasteiger partial charge in [0.25, 0.3) is 0 Å². The van der Waals surface area contributed by atoms with Crippen LogP contribution >= 0.6 is 22.9 Å². The van der Waals surface area contributed by atoms with Crippen LogP contribution in [0.15, 0.2) is 71.6 Å². The number of amides is 1. The van der Waals surface area contributed by atoms with Crippen molar-refractivity contribution in [3.05, 3.63) is 93.3 Å². The van der Waals surface area contributed by atoms with Crippen LogP contribution in [-0.4, -0.2) is 17.4 Å². The third-order valence-electron chi connectivity index (χ3n) is 4.73. The van der Waals surface area contributed by atoms with Crippen molar-refractivity contribution in [1.82, 2.24) is 10.3 Å². The maximum atomic E-state index is 12.4. The second-order valence-electron chi connectivity index (χ2n) is 6.48. The van der Waals surface area contributed by atoms with E-state index in [9.17, 15) is 4.79 Å². The fourth-order valence-electron chi connectivity index (χ4n) is 3.38. The molecule has 0 radical (unpaired) electrons. The van der Waals surface area contributed by atoms with Gasteiger partial charge in [-0.2, -0.15) is 11.3 Å². The van der Waals surface area contributed by atoms with Crippen LogP contribution < -0.4 is 5.32 Å². The van der Waals surface area contributed by atoms with Gasteiger partial charge in [-0.15, -0.1) is 0 Å². The molecule has 0 fully saturated rings. The van der Waals surface area contributed by atoms with Gasteiger partial charge >= 0.3 is 0 Å². The predicted molar refractivity (Wildman–Crippen MR) is 113 cm³/mol. The van der Waals surface area contributed by atoms with Gasteiger partial charge in [-0.1, -0.05) is 48.0 Å². The first kappa shape index (κ1) is 17.8. The molecule has 4 aromatic rings. The van der Waals surface area contributed by atoms with Gasteiger partial charge in [-0.05, 0) is 45.6 Å². The Morgan fingerprint density at radius 2 is 1.89 bits per heavy atom. The Balaban J connectivity index is 1.63. The third-order valence-corrected chi connectivity index (χ3v) is 5.80. The lowest BCUT2D eigenvalue weighted by Gasteiger charge is -2.19. The van der Waals surface area contributed by atoms with Crippen molar-refractivity contribution < 1.29 is 4.79 Å². The number of aromatic nitrogens is 1. The zero-order valence-corrected chi connectivity index (χ0v) is 16.2. The predicted octanol–water partition coefficient (Wildman–Crippen LogP) is 5.37. The number of carbonyl (C=O) groups excluding carboxylic acids is 1. The largest absolute Gasteiger partial charge is 0.361 e. The summed E-state index contributed by atoms with van der Waals surface area (Å²) in [6, 6.07) is 18.0. The molecule has 2 aromatic carbocycles. The minimum Gasteiger partial charge on any atom is -0.361 e. The molecule has 0 saturated heterocycles. The number of benzene rings is 2. The van der Waals surface area contributed by atoms with Crippen LogP contribution in [0.3, 0.4) is 0 Å². The van der Waals surface area contributed by atoms with E-state index < -0.39 is 0 Å². The number of fused-ring (bicyclic) bond motifs is 1. The van der Waals surface area contributed by atoms with Crippen LogP contribution in [0, 0.1) is 0 Å². The molecule has 0 aliphatic carbocycles. The van der Waals surface area contributed by atoms with Crippen LogP contribution in [0.4, 0.5) is 0 Å². The Labute approximate surface area is 167 Å². The lowest BCUT2D eigenvalue weighted by atomic mass is 9.90. The van der Waals surface area contributed by atoms with Gasteiger partial charge in [-0.25, -0.2) is 0 Å². The Morgan fingerprint density at radius 1 is 1.07 bits per heavy atom. The standard InChI is InChI=1S/C22H19ClN2OS/c23-20-7-3-1-5-16(20)18(13-25-22(26)11-15-9-10-27-14-15)19-12-24-21-8-4-2-6-17(19)21/h1-10,12,14,18,24H,11,13H2,(H,25,26)/t18-/m1/s1. The Kier molecular flexibility index (Phi) is 5.28. The van der Waals surface area contributed by atoms with E-state index in [1.54, 1.807) is 11.3 Å². The van der Waals surface area contributed by atoms with Crippen LogP contribution in [0.25, 0.3) is 10.9 Å². The molecule has 27 heavy (non-hydrogen) atoms. The van der Waals surface area contributed by atoms with Gasteiger partial charge < -0.3 is 10.3 Å². The first-order chi connectivity index (χ1) is 13.2. The minimum absolute atomic E-state index is 0.0188. The number of halogens is 1. The molecule has 2 aromatic heterocycles. The highest BCUT2D eigenvalue weighted by Crippen LogP contribution is 2.34. The quantitative estimate of drug-likeness (QED) is 0.453. The number of para-hydroxylation sites is 1. The highest BCUT2D eigenvalue weighted by molar-refractivity contribution is 7.08. The monoisotopic (exact) mass is 394 g/mol. The summed E-state index contributed by atoms with van der Waals surface area (Å²) in [4.78, 5) is 15.7. The number of nitrogens with one attached hydrogen (secondary N) is 2. The molecular weight excluding hydrogens is 376 g/mol. The van der Waals surface area contributed by atoms with Crippen molar-refractivity contribution in [3.8, 4) is 0 Å². The summed E-state index contributed by atoms with van der Waals surface area (Å²) in [5.74, 6) is -0.00781. The smallest absolute Gasteiger partial charge is 0.224 e. The molecular formula is C22H19ClN2OS. The number of rotatable bonds is 6. The van der Waals surface area contributed by atoms with Crippen LogP contribution in [0.2, 0.25) is 5.02 Å². The second-order valence-corrected chi connectivity index (χ2v) is 7.66. The lowest BCUT2D eigenvalue weighted by Crippen LogP contribution is -2.30. The van der Waals surface area contributed by atoms with Gasteiger partial charge in [0, 0.05) is 34.6 Å². The van der Waals surface area contributed by atoms with Crippen LogP contribution in [0.5, 0.6) is 0 Å². The highest BCUT2D eigenvalue weighted by atomic mass is 35.5. The fourth-order valence-corrected chi connectivity index (χ4v) is 4.32. The molecule has 2 N–H and O–H groups in total. The van der Waals surface area contributed by atoms with E-state index in [1.165, 1.54) is 0 Å². The summed E-state index contributed by atoms with van der Waals surface area (Å²) in [6.07, 6.45) is 2.41. The molecule has 136 valence electrons. The maximum absolute atomic E-state index is 12.4. The molecule has 3 nitrogen and oxygen atoms in total. The number of hydrogen-bond acceptors (Lipinski definition) is 2. The second kappa shape index (κ2) is 7.99. The average molecular weight is 395 g/mol. The summed E-state index contributed by atoms with van der Waals surface area (Å²) < 4.78 is 0. The summed E-state index contributed by atoms with van der Waals surface area (Å²) in [6.45, 7) is 0.495. The molecule has 0 saturated carbocycles. The number of hydrogen-bond donors (Lipinski definition) is 2. The van der Waals surface area contributed by atoms with E-state index >= 15 is 0 Å². The van der Waals surface area contributed by atoms with E-state index in [-0.39, 0.29) is 11.8 Å². The Hall–Kier alpha value is -2.56. The molecule has 0 aliphatic heterocycles. The van der Waals surface area contributed by atoms with Crippen molar-refractivity contribution in [1.29, 1.82) is 0 Å². The van der Waals surface area contributed by atoms with E-state index in [0.29, 0.717) is 18.0 Å². The summed E-state index contributed by atoms with van der Waals surface area (Å²) in [5.41, 5.74) is 4.27. The van der Waals surface area contributed by atoms with Gasteiger partial charge in [0.2, 0.25) is 5.91 Å². The van der Waals surface area contributed by atoms with E-state index in [2.05, 4.69) is 22.4 Å². The van der Waals surface area contributed by atoms with E-state index in [4.69, 9.17) is 11.6 Å². The number of carbonyl (C=O) groups is 1. The highest BCUT2D eigenvalue weighted by Gasteiger charge is 2.21. The molecule has 0 aliphatic rings. The number of H-pyrrole nitrogens is 1. The molecule has 0 spiro atoms. The maximum Gasteiger partial charge on any atom is 0.224 e. The zero-order valence-electron chi connectivity index (χ0n) is 14.6. The molecule has 4 rings (SSSR count). The summed E-state index contributed by atoms with van der Waals surface area (Å²) >= 11 is 8.10. The SMILES string of the molecule is O=C(Cc1ccsc1)NC[C@H](c1ccccc1Cl)c1c[nH]c2ccccc12. The van der Waals surface area contributed by atoms with Crippen LogP contribution in [0.1, 0.15) is 22.6 Å². The number of aromatic amines is 1. The minimum atomic E-state index is -0.0266. The van der Waals surface area contributed by atoms with Crippen molar-refractivity contribution in [3.63, 3.8) is 0 Å². The Bertz CT molecular complexity index is 1060. The molecule has 1 atom stereocenters. The number of thiophene rings is 1. The van der Waals surface area contributed by atoms with Crippen molar-refractivity contribution in [2.45, 2.75) is 12.3 Å². The topological polar surface area (TPSA) is 44.9 Å². The van der Waals surface area contributed by atoms with Gasteiger partial charge in [0.15, 0.2) is 0 Å². The normalized spacial score (nSPS) is 12.2. The van der Waals surface area contributed by atoms with Gasteiger partial charge in [0.1, 0.15) is 0 Å². The van der Waals surface area contributed by atoms with Crippen molar-refractivity contribution in [2.75, 3.05) is 6.54 Å². The van der Waals surface area contributed by atoms with Crippen LogP contribution in [-0.2, 0) is 11.2 Å². The molecule has 2 heterocycles. The first-order valence-corrected chi connectivity index (χ1v) is 10.1. The molecule has 1 amide bonds. The fraction of sp³-hybridized carbons (Fsp3) is 0.136. The molecule has 0 bridgehead atoms. The first-order valence-electron chi connectivity index (χ1n) is 8.80. The van der Waals surface area contributed by atoms with Crippen molar-refractivity contribution in [2.24, 2.45) is 0 Å². The summed E-state index contributed by atoms with van der Waals surface area (Å²) in [5, 5.41) is 8.94. The third kappa shape index (κ3) is 3.92. The lowest BCUT2D eigenvalue weighted by molar-refractivity contribution is -0.120. The molecule has 0 unspecified atom stereocenters. The van der Waals surface area contributed by atoms with Gasteiger partial charge in [0.05, 0.1) is 6.42 Å². The zero-order chi connectivity index (χ0) is 18.6.